The summed E-state index contributed by atoms with van der Waals surface area (Å²) in [5, 5.41) is 10.7. The molecule has 0 spiro atoms. The van der Waals surface area contributed by atoms with Gasteiger partial charge >= 0.3 is 0 Å². The van der Waals surface area contributed by atoms with E-state index in [2.05, 4.69) is 4.98 Å². The Morgan fingerprint density at radius 1 is 1.00 bits per heavy atom. The lowest BCUT2D eigenvalue weighted by Gasteiger charge is -2.19. The van der Waals surface area contributed by atoms with Crippen molar-refractivity contribution in [2.45, 2.75) is 33.8 Å². The Morgan fingerprint density at radius 2 is 1.65 bits per heavy atom. The van der Waals surface area contributed by atoms with Crippen LogP contribution in [0.15, 0.2) is 24.4 Å². The number of pyridine rings is 1. The standard InChI is InChI=1S/C17H21NO2/c1-10-6-12(3)15(14(8-10)20-5)17(19)16-13(4)7-11(2)9-18-16/h6-9,17,19H,1-5H3. The van der Waals surface area contributed by atoms with Crippen LogP contribution in [0.5, 0.6) is 5.75 Å². The van der Waals surface area contributed by atoms with Crippen LogP contribution in [0.4, 0.5) is 0 Å². The molecule has 0 amide bonds. The van der Waals surface area contributed by atoms with Crippen LogP contribution in [0.25, 0.3) is 0 Å². The van der Waals surface area contributed by atoms with Gasteiger partial charge in [0, 0.05) is 11.8 Å². The molecular weight excluding hydrogens is 250 g/mol. The third-order valence-corrected chi connectivity index (χ3v) is 3.50. The molecule has 1 aromatic heterocycles. The van der Waals surface area contributed by atoms with Crippen LogP contribution in [0, 0.1) is 27.7 Å². The molecule has 0 saturated heterocycles. The van der Waals surface area contributed by atoms with Crippen LogP contribution < -0.4 is 4.74 Å². The van der Waals surface area contributed by atoms with Gasteiger partial charge in [0.05, 0.1) is 12.8 Å². The molecule has 2 rings (SSSR count). The zero-order valence-electron chi connectivity index (χ0n) is 12.7. The lowest BCUT2D eigenvalue weighted by atomic mass is 9.95. The molecule has 0 radical (unpaired) electrons. The molecule has 0 aliphatic rings. The minimum absolute atomic E-state index is 0.681. The summed E-state index contributed by atoms with van der Waals surface area (Å²) in [7, 11) is 1.62. The van der Waals surface area contributed by atoms with E-state index in [0.29, 0.717) is 11.4 Å². The minimum atomic E-state index is -0.772. The Morgan fingerprint density at radius 3 is 2.25 bits per heavy atom. The summed E-state index contributed by atoms with van der Waals surface area (Å²) in [5.74, 6) is 0.705. The van der Waals surface area contributed by atoms with Gasteiger partial charge in [0.25, 0.3) is 0 Å². The van der Waals surface area contributed by atoms with E-state index in [4.69, 9.17) is 4.74 Å². The second-order valence-electron chi connectivity index (χ2n) is 5.32. The number of aryl methyl sites for hydroxylation is 4. The molecule has 3 nitrogen and oxygen atoms in total. The molecule has 0 aliphatic heterocycles. The first-order valence-corrected chi connectivity index (χ1v) is 6.70. The van der Waals surface area contributed by atoms with Crippen molar-refractivity contribution < 1.29 is 9.84 Å². The largest absolute Gasteiger partial charge is 0.496 e. The fourth-order valence-electron chi connectivity index (χ4n) is 2.61. The number of benzene rings is 1. The van der Waals surface area contributed by atoms with E-state index < -0.39 is 6.10 Å². The van der Waals surface area contributed by atoms with Crippen molar-refractivity contribution in [1.82, 2.24) is 4.98 Å². The van der Waals surface area contributed by atoms with Crippen molar-refractivity contribution in [3.05, 3.63) is 57.9 Å². The molecule has 1 aromatic carbocycles. The van der Waals surface area contributed by atoms with E-state index in [1.807, 2.05) is 45.9 Å². The van der Waals surface area contributed by atoms with Crippen LogP contribution in [-0.2, 0) is 0 Å². The summed E-state index contributed by atoms with van der Waals surface area (Å²) >= 11 is 0. The predicted octanol–water partition coefficient (Wildman–Crippen LogP) is 3.41. The second kappa shape index (κ2) is 5.63. The number of aliphatic hydroxyl groups is 1. The Labute approximate surface area is 120 Å². The van der Waals surface area contributed by atoms with Gasteiger partial charge in [-0.1, -0.05) is 12.1 Å². The van der Waals surface area contributed by atoms with Gasteiger partial charge in [0.15, 0.2) is 0 Å². The number of methoxy groups -OCH3 is 1. The van der Waals surface area contributed by atoms with E-state index in [0.717, 1.165) is 27.8 Å². The fraction of sp³-hybridized carbons (Fsp3) is 0.353. The Kier molecular flexibility index (Phi) is 4.09. The normalized spacial score (nSPS) is 12.3. The number of nitrogens with zero attached hydrogens (tertiary/aromatic N) is 1. The summed E-state index contributed by atoms with van der Waals surface area (Å²) in [6.45, 7) is 7.96. The molecule has 20 heavy (non-hydrogen) atoms. The molecule has 1 N–H and O–H groups in total. The maximum absolute atomic E-state index is 10.7. The smallest absolute Gasteiger partial charge is 0.125 e. The second-order valence-corrected chi connectivity index (χ2v) is 5.32. The molecule has 0 aliphatic carbocycles. The molecule has 1 heterocycles. The van der Waals surface area contributed by atoms with Gasteiger partial charge in [-0.3, -0.25) is 4.98 Å². The fourth-order valence-corrected chi connectivity index (χ4v) is 2.61. The first-order chi connectivity index (χ1) is 9.43. The molecular formula is C17H21NO2. The van der Waals surface area contributed by atoms with Crippen LogP contribution >= 0.6 is 0 Å². The number of aliphatic hydroxyl groups excluding tert-OH is 1. The van der Waals surface area contributed by atoms with Crippen molar-refractivity contribution in [3.8, 4) is 5.75 Å². The van der Waals surface area contributed by atoms with Gasteiger partial charge in [0.2, 0.25) is 0 Å². The van der Waals surface area contributed by atoms with Gasteiger partial charge in [0.1, 0.15) is 11.9 Å². The highest BCUT2D eigenvalue weighted by atomic mass is 16.5. The number of hydrogen-bond acceptors (Lipinski definition) is 3. The van der Waals surface area contributed by atoms with Crippen molar-refractivity contribution in [2.24, 2.45) is 0 Å². The highest BCUT2D eigenvalue weighted by Crippen LogP contribution is 2.34. The zero-order valence-corrected chi connectivity index (χ0v) is 12.7. The monoisotopic (exact) mass is 271 g/mol. The lowest BCUT2D eigenvalue weighted by Crippen LogP contribution is -2.09. The van der Waals surface area contributed by atoms with Crippen molar-refractivity contribution in [1.29, 1.82) is 0 Å². The van der Waals surface area contributed by atoms with Crippen LogP contribution in [0.1, 0.15) is 39.6 Å². The Bertz CT molecular complexity index is 635. The first-order valence-electron chi connectivity index (χ1n) is 6.70. The van der Waals surface area contributed by atoms with Gasteiger partial charge < -0.3 is 9.84 Å². The van der Waals surface area contributed by atoms with Gasteiger partial charge in [-0.25, -0.2) is 0 Å². The predicted molar refractivity (Wildman–Crippen MR) is 80.2 cm³/mol. The van der Waals surface area contributed by atoms with E-state index in [1.54, 1.807) is 13.3 Å². The summed E-state index contributed by atoms with van der Waals surface area (Å²) in [6, 6.07) is 6.02. The quantitative estimate of drug-likeness (QED) is 0.930. The summed E-state index contributed by atoms with van der Waals surface area (Å²) < 4.78 is 5.43. The third-order valence-electron chi connectivity index (χ3n) is 3.50. The molecule has 1 unspecified atom stereocenters. The maximum atomic E-state index is 10.7. The summed E-state index contributed by atoms with van der Waals surface area (Å²) in [6.07, 6.45) is 1.01. The highest BCUT2D eigenvalue weighted by Gasteiger charge is 2.21. The first kappa shape index (κ1) is 14.5. The van der Waals surface area contributed by atoms with E-state index >= 15 is 0 Å². The van der Waals surface area contributed by atoms with Gasteiger partial charge in [-0.2, -0.15) is 0 Å². The van der Waals surface area contributed by atoms with Crippen LogP contribution in [0.2, 0.25) is 0 Å². The maximum Gasteiger partial charge on any atom is 0.125 e. The summed E-state index contributed by atoms with van der Waals surface area (Å²) in [4.78, 5) is 4.39. The number of rotatable bonds is 3. The van der Waals surface area contributed by atoms with E-state index in [-0.39, 0.29) is 0 Å². The molecule has 3 heteroatoms. The van der Waals surface area contributed by atoms with Crippen molar-refractivity contribution in [2.75, 3.05) is 7.11 Å². The average molecular weight is 271 g/mol. The zero-order chi connectivity index (χ0) is 14.9. The number of ether oxygens (including phenoxy) is 1. The van der Waals surface area contributed by atoms with Crippen LogP contribution in [-0.4, -0.2) is 17.2 Å². The Hall–Kier alpha value is -1.87. The average Bonchev–Trinajstić information content (AvgIpc) is 2.37. The van der Waals surface area contributed by atoms with Gasteiger partial charge in [-0.15, -0.1) is 0 Å². The molecule has 0 saturated carbocycles. The van der Waals surface area contributed by atoms with E-state index in [1.165, 1.54) is 0 Å². The van der Waals surface area contributed by atoms with Crippen LogP contribution in [0.3, 0.4) is 0 Å². The molecule has 0 bridgehead atoms. The lowest BCUT2D eigenvalue weighted by molar-refractivity contribution is 0.208. The highest BCUT2D eigenvalue weighted by molar-refractivity contribution is 5.47. The SMILES string of the molecule is COc1cc(C)cc(C)c1C(O)c1ncc(C)cc1C. The van der Waals surface area contributed by atoms with Crippen molar-refractivity contribution in [3.63, 3.8) is 0 Å². The van der Waals surface area contributed by atoms with Crippen molar-refractivity contribution >= 4 is 0 Å². The topological polar surface area (TPSA) is 42.4 Å². The molecule has 0 fully saturated rings. The number of aromatic nitrogens is 1. The summed E-state index contributed by atoms with van der Waals surface area (Å²) in [5.41, 5.74) is 5.67. The van der Waals surface area contributed by atoms with E-state index in [9.17, 15) is 5.11 Å². The Balaban J connectivity index is 2.55. The molecule has 106 valence electrons. The molecule has 2 aromatic rings. The molecule has 1 atom stereocenters. The third kappa shape index (κ3) is 2.68. The number of hydrogen-bond donors (Lipinski definition) is 1. The van der Waals surface area contributed by atoms with Gasteiger partial charge in [-0.05, 0) is 56.0 Å². The minimum Gasteiger partial charge on any atom is -0.496 e.